The van der Waals surface area contributed by atoms with Crippen molar-refractivity contribution in [1.82, 2.24) is 24.9 Å². The quantitative estimate of drug-likeness (QED) is 0.865. The fourth-order valence-electron chi connectivity index (χ4n) is 3.95. The van der Waals surface area contributed by atoms with Gasteiger partial charge in [-0.25, -0.2) is 4.79 Å². The van der Waals surface area contributed by atoms with Crippen LogP contribution in [0.4, 0.5) is 4.79 Å². The Hall–Kier alpha value is -1.60. The fourth-order valence-corrected chi connectivity index (χ4v) is 3.95. The summed E-state index contributed by atoms with van der Waals surface area (Å²) >= 11 is 0. The molecule has 1 aromatic rings. The molecule has 2 aliphatic rings. The van der Waals surface area contributed by atoms with E-state index in [4.69, 9.17) is 4.74 Å². The Kier molecular flexibility index (Phi) is 5.96. The highest BCUT2D eigenvalue weighted by Crippen LogP contribution is 2.20. The number of hydrogen-bond donors (Lipinski definition) is 1. The number of ether oxygens (including phenoxy) is 1. The highest BCUT2D eigenvalue weighted by atomic mass is 16.5. The van der Waals surface area contributed by atoms with E-state index in [0.29, 0.717) is 24.5 Å². The first-order chi connectivity index (χ1) is 12.0. The number of amides is 2. The Morgan fingerprint density at radius 2 is 2.32 bits per heavy atom. The maximum absolute atomic E-state index is 12.5. The SMILES string of the molecule is C[C@H](CNC(=O)N1CC[C@H](Cc2cnn(C)c2)C1)N1CCOC[C@@H]1C. The molecule has 140 valence electrons. The Labute approximate surface area is 150 Å². The van der Waals surface area contributed by atoms with Crippen LogP contribution in [0.25, 0.3) is 0 Å². The van der Waals surface area contributed by atoms with Crippen molar-refractivity contribution in [2.24, 2.45) is 13.0 Å². The minimum Gasteiger partial charge on any atom is -0.379 e. The summed E-state index contributed by atoms with van der Waals surface area (Å²) in [7, 11) is 1.94. The van der Waals surface area contributed by atoms with Crippen molar-refractivity contribution < 1.29 is 9.53 Å². The van der Waals surface area contributed by atoms with E-state index in [-0.39, 0.29) is 6.03 Å². The van der Waals surface area contributed by atoms with E-state index in [1.165, 1.54) is 5.56 Å². The number of rotatable bonds is 5. The van der Waals surface area contributed by atoms with Gasteiger partial charge in [0.1, 0.15) is 0 Å². The largest absolute Gasteiger partial charge is 0.379 e. The van der Waals surface area contributed by atoms with Gasteiger partial charge in [-0.3, -0.25) is 9.58 Å². The summed E-state index contributed by atoms with van der Waals surface area (Å²) in [6, 6.07) is 0.814. The van der Waals surface area contributed by atoms with Gasteiger partial charge >= 0.3 is 6.03 Å². The maximum Gasteiger partial charge on any atom is 0.317 e. The molecule has 2 aliphatic heterocycles. The van der Waals surface area contributed by atoms with Crippen LogP contribution in [0.2, 0.25) is 0 Å². The van der Waals surface area contributed by atoms with Gasteiger partial charge in [-0.15, -0.1) is 0 Å². The molecule has 0 aliphatic carbocycles. The molecule has 0 radical (unpaired) electrons. The van der Waals surface area contributed by atoms with Crippen LogP contribution in [0.15, 0.2) is 12.4 Å². The Bertz CT molecular complexity index is 576. The van der Waals surface area contributed by atoms with Crippen molar-refractivity contribution in [3.05, 3.63) is 18.0 Å². The Morgan fingerprint density at radius 3 is 3.04 bits per heavy atom. The number of nitrogens with one attached hydrogen (secondary N) is 1. The van der Waals surface area contributed by atoms with E-state index >= 15 is 0 Å². The molecule has 2 saturated heterocycles. The van der Waals surface area contributed by atoms with E-state index in [2.05, 4.69) is 35.4 Å². The second-order valence-corrected chi connectivity index (χ2v) is 7.52. The molecule has 3 heterocycles. The summed E-state index contributed by atoms with van der Waals surface area (Å²) in [4.78, 5) is 16.8. The molecule has 1 aromatic heterocycles. The van der Waals surface area contributed by atoms with Crippen molar-refractivity contribution in [3.63, 3.8) is 0 Å². The van der Waals surface area contributed by atoms with Crippen LogP contribution in [0.3, 0.4) is 0 Å². The van der Waals surface area contributed by atoms with Crippen molar-refractivity contribution in [1.29, 1.82) is 0 Å². The second-order valence-electron chi connectivity index (χ2n) is 7.52. The first-order valence-electron chi connectivity index (χ1n) is 9.36. The number of aromatic nitrogens is 2. The van der Waals surface area contributed by atoms with Gasteiger partial charge in [0.15, 0.2) is 0 Å². The number of nitrogens with zero attached hydrogens (tertiary/aromatic N) is 4. The van der Waals surface area contributed by atoms with Crippen LogP contribution >= 0.6 is 0 Å². The van der Waals surface area contributed by atoms with E-state index in [1.807, 2.05) is 22.8 Å². The number of urea groups is 1. The third kappa shape index (κ3) is 4.73. The first-order valence-corrected chi connectivity index (χ1v) is 9.36. The molecule has 2 amide bonds. The standard InChI is InChI=1S/C18H31N5O2/c1-14(23-6-7-25-13-15(23)2)9-19-18(24)22-5-4-16(12-22)8-17-10-20-21(3)11-17/h10-11,14-16H,4-9,12-13H2,1-3H3,(H,19,24)/t14-,15+,16-/m1/s1. The van der Waals surface area contributed by atoms with Crippen LogP contribution in [-0.2, 0) is 18.2 Å². The predicted octanol–water partition coefficient (Wildman–Crippen LogP) is 1.10. The number of likely N-dealkylation sites (tertiary alicyclic amines) is 1. The van der Waals surface area contributed by atoms with Gasteiger partial charge < -0.3 is 15.0 Å². The van der Waals surface area contributed by atoms with Gasteiger partial charge in [-0.2, -0.15) is 5.10 Å². The molecule has 3 atom stereocenters. The van der Waals surface area contributed by atoms with E-state index in [1.54, 1.807) is 0 Å². The lowest BCUT2D eigenvalue weighted by molar-refractivity contribution is -0.0177. The van der Waals surface area contributed by atoms with Gasteiger partial charge in [-0.1, -0.05) is 0 Å². The van der Waals surface area contributed by atoms with Crippen LogP contribution in [0, 0.1) is 5.92 Å². The normalized spacial score (nSPS) is 26.0. The lowest BCUT2D eigenvalue weighted by Crippen LogP contribution is -2.53. The summed E-state index contributed by atoms with van der Waals surface area (Å²) in [5.41, 5.74) is 1.25. The molecule has 1 N–H and O–H groups in total. The van der Waals surface area contributed by atoms with E-state index in [9.17, 15) is 4.79 Å². The summed E-state index contributed by atoms with van der Waals surface area (Å²) < 4.78 is 7.32. The van der Waals surface area contributed by atoms with Crippen LogP contribution in [0.5, 0.6) is 0 Å². The molecular formula is C18H31N5O2. The third-order valence-corrected chi connectivity index (χ3v) is 5.39. The molecule has 0 bridgehead atoms. The maximum atomic E-state index is 12.5. The second kappa shape index (κ2) is 8.19. The summed E-state index contributed by atoms with van der Waals surface area (Å²) in [5.74, 6) is 0.534. The average Bonchev–Trinajstić information content (AvgIpc) is 3.22. The van der Waals surface area contributed by atoms with E-state index < -0.39 is 0 Å². The van der Waals surface area contributed by atoms with Gasteiger partial charge in [-0.05, 0) is 38.2 Å². The lowest BCUT2D eigenvalue weighted by Gasteiger charge is -2.38. The smallest absolute Gasteiger partial charge is 0.317 e. The highest BCUT2D eigenvalue weighted by molar-refractivity contribution is 5.74. The molecule has 0 aromatic carbocycles. The molecule has 0 unspecified atom stereocenters. The van der Waals surface area contributed by atoms with Crippen molar-refractivity contribution in [3.8, 4) is 0 Å². The number of carbonyl (C=O) groups is 1. The monoisotopic (exact) mass is 349 g/mol. The Balaban J connectivity index is 1.41. The summed E-state index contributed by atoms with van der Waals surface area (Å²) in [6.07, 6.45) is 6.06. The molecule has 0 saturated carbocycles. The fraction of sp³-hybridized carbons (Fsp3) is 0.778. The molecule has 7 heteroatoms. The molecule has 0 spiro atoms. The lowest BCUT2D eigenvalue weighted by atomic mass is 10.0. The van der Waals surface area contributed by atoms with Crippen molar-refractivity contribution in [2.45, 2.75) is 38.8 Å². The molecule has 25 heavy (non-hydrogen) atoms. The number of morpholine rings is 1. The molecule has 3 rings (SSSR count). The van der Waals surface area contributed by atoms with Gasteiger partial charge in [0.25, 0.3) is 0 Å². The summed E-state index contributed by atoms with van der Waals surface area (Å²) in [6.45, 7) is 9.23. The number of carbonyl (C=O) groups excluding carboxylic acids is 1. The van der Waals surface area contributed by atoms with E-state index in [0.717, 1.165) is 45.7 Å². The predicted molar refractivity (Wildman–Crippen MR) is 96.4 cm³/mol. The average molecular weight is 349 g/mol. The van der Waals surface area contributed by atoms with Crippen LogP contribution in [0.1, 0.15) is 25.8 Å². The first kappa shape index (κ1) is 18.2. The van der Waals surface area contributed by atoms with Gasteiger partial charge in [0.05, 0.1) is 19.4 Å². The Morgan fingerprint density at radius 1 is 1.48 bits per heavy atom. The minimum atomic E-state index is 0.0708. The zero-order valence-electron chi connectivity index (χ0n) is 15.6. The highest BCUT2D eigenvalue weighted by Gasteiger charge is 2.28. The zero-order valence-corrected chi connectivity index (χ0v) is 15.6. The van der Waals surface area contributed by atoms with Gasteiger partial charge in [0.2, 0.25) is 0 Å². The van der Waals surface area contributed by atoms with Crippen molar-refractivity contribution >= 4 is 6.03 Å². The summed E-state index contributed by atoms with van der Waals surface area (Å²) in [5, 5.41) is 7.34. The molecular weight excluding hydrogens is 318 g/mol. The van der Waals surface area contributed by atoms with Crippen molar-refractivity contribution in [2.75, 3.05) is 39.4 Å². The number of hydrogen-bond acceptors (Lipinski definition) is 4. The van der Waals surface area contributed by atoms with Crippen LogP contribution < -0.4 is 5.32 Å². The zero-order chi connectivity index (χ0) is 17.8. The molecule has 7 nitrogen and oxygen atoms in total. The number of aryl methyl sites for hydroxylation is 1. The molecule has 2 fully saturated rings. The van der Waals surface area contributed by atoms with Gasteiger partial charge in [0, 0.05) is 51.5 Å². The topological polar surface area (TPSA) is 62.6 Å². The minimum absolute atomic E-state index is 0.0708. The third-order valence-electron chi connectivity index (χ3n) is 5.39. The van der Waals surface area contributed by atoms with Crippen LogP contribution in [-0.4, -0.2) is 77.1 Å².